The number of nitrogens with zero attached hydrogens (tertiary/aromatic N) is 2. The molecule has 3 heterocycles. The van der Waals surface area contributed by atoms with Crippen LogP contribution in [0.15, 0.2) is 34.9 Å². The molecule has 4 rings (SSSR count). The summed E-state index contributed by atoms with van der Waals surface area (Å²) < 4.78 is 5.44. The van der Waals surface area contributed by atoms with E-state index in [1.165, 1.54) is 22.2 Å². The van der Waals surface area contributed by atoms with Crippen LogP contribution in [0.25, 0.3) is 10.9 Å². The average molecular weight is 309 g/mol. The predicted molar refractivity (Wildman–Crippen MR) is 91.2 cm³/mol. The molecule has 0 unspecified atom stereocenters. The number of hydrogen-bond acceptors (Lipinski definition) is 3. The molecule has 0 saturated heterocycles. The van der Waals surface area contributed by atoms with Crippen LogP contribution in [0.5, 0.6) is 0 Å². The average Bonchev–Trinajstić information content (AvgIpc) is 3.09. The van der Waals surface area contributed by atoms with Crippen LogP contribution in [0.1, 0.15) is 42.6 Å². The summed E-state index contributed by atoms with van der Waals surface area (Å²) >= 11 is 0. The number of para-hydroxylation sites is 1. The van der Waals surface area contributed by atoms with E-state index in [0.717, 1.165) is 31.0 Å². The van der Waals surface area contributed by atoms with Crippen LogP contribution in [-0.2, 0) is 13.0 Å². The lowest BCUT2D eigenvalue weighted by Crippen LogP contribution is -2.37. The molecule has 0 spiro atoms. The third kappa shape index (κ3) is 2.47. The fourth-order valence-corrected chi connectivity index (χ4v) is 3.94. The van der Waals surface area contributed by atoms with Gasteiger partial charge in [0, 0.05) is 29.2 Å². The highest BCUT2D eigenvalue weighted by molar-refractivity contribution is 5.85. The van der Waals surface area contributed by atoms with Crippen LogP contribution >= 0.6 is 0 Å². The molecule has 0 saturated carbocycles. The zero-order chi connectivity index (χ0) is 16.0. The maximum Gasteiger partial charge on any atom is 0.150 e. The summed E-state index contributed by atoms with van der Waals surface area (Å²) in [6, 6.07) is 11.1. The van der Waals surface area contributed by atoms with Gasteiger partial charge in [-0.15, -0.1) is 0 Å². The fraction of sp³-hybridized carbons (Fsp3) is 0.421. The molecule has 4 nitrogen and oxygen atoms in total. The largest absolute Gasteiger partial charge is 0.360 e. The number of aryl methyl sites for hydroxylation is 1. The molecule has 3 aromatic rings. The van der Waals surface area contributed by atoms with Crippen molar-refractivity contribution in [3.63, 3.8) is 0 Å². The first kappa shape index (κ1) is 14.5. The van der Waals surface area contributed by atoms with Crippen LogP contribution in [0.2, 0.25) is 0 Å². The van der Waals surface area contributed by atoms with Gasteiger partial charge in [0.1, 0.15) is 0 Å². The Kier molecular flexibility index (Phi) is 3.49. The summed E-state index contributed by atoms with van der Waals surface area (Å²) in [4.78, 5) is 6.20. The molecule has 0 radical (unpaired) electrons. The highest BCUT2D eigenvalue weighted by atomic mass is 16.5. The molecule has 0 fully saturated rings. The number of H-pyrrole nitrogens is 1. The lowest BCUT2D eigenvalue weighted by Gasteiger charge is -2.37. The number of fused-ring (bicyclic) bond motifs is 3. The summed E-state index contributed by atoms with van der Waals surface area (Å²) in [5.74, 6) is 1.49. The molecular weight excluding hydrogens is 286 g/mol. The molecule has 0 amide bonds. The van der Waals surface area contributed by atoms with Gasteiger partial charge in [-0.1, -0.05) is 37.2 Å². The number of benzene rings is 1. The second kappa shape index (κ2) is 5.53. The second-order valence-electron chi connectivity index (χ2n) is 6.91. The van der Waals surface area contributed by atoms with Crippen molar-refractivity contribution in [2.24, 2.45) is 5.92 Å². The Labute approximate surface area is 136 Å². The number of hydrogen-bond donors (Lipinski definition) is 1. The van der Waals surface area contributed by atoms with Gasteiger partial charge in [0.25, 0.3) is 0 Å². The Balaban J connectivity index is 1.73. The van der Waals surface area contributed by atoms with Crippen molar-refractivity contribution in [3.05, 3.63) is 53.0 Å². The summed E-state index contributed by atoms with van der Waals surface area (Å²) in [5.41, 5.74) is 5.07. The smallest absolute Gasteiger partial charge is 0.150 e. The normalized spacial score (nSPS) is 18.7. The fourth-order valence-electron chi connectivity index (χ4n) is 3.94. The molecular formula is C19H23N3O. The predicted octanol–water partition coefficient (Wildman–Crippen LogP) is 4.22. The molecule has 120 valence electrons. The van der Waals surface area contributed by atoms with E-state index in [1.54, 1.807) is 0 Å². The first-order valence-corrected chi connectivity index (χ1v) is 8.39. The van der Waals surface area contributed by atoms with E-state index in [-0.39, 0.29) is 0 Å². The molecule has 4 heteroatoms. The molecule has 1 aliphatic heterocycles. The van der Waals surface area contributed by atoms with Crippen molar-refractivity contribution >= 4 is 10.9 Å². The van der Waals surface area contributed by atoms with Crippen LogP contribution < -0.4 is 0 Å². The number of aromatic nitrogens is 2. The first-order valence-electron chi connectivity index (χ1n) is 8.39. The van der Waals surface area contributed by atoms with E-state index in [9.17, 15) is 0 Å². The van der Waals surface area contributed by atoms with Crippen LogP contribution in [0, 0.1) is 12.8 Å². The van der Waals surface area contributed by atoms with Gasteiger partial charge in [-0.3, -0.25) is 4.90 Å². The quantitative estimate of drug-likeness (QED) is 0.788. The topological polar surface area (TPSA) is 45.1 Å². The van der Waals surface area contributed by atoms with Crippen molar-refractivity contribution in [3.8, 4) is 0 Å². The lowest BCUT2D eigenvalue weighted by atomic mass is 9.90. The number of rotatable bonds is 3. The minimum atomic E-state index is 0.386. The van der Waals surface area contributed by atoms with Gasteiger partial charge in [-0.05, 0) is 30.9 Å². The van der Waals surface area contributed by atoms with Gasteiger partial charge in [0.05, 0.1) is 18.3 Å². The van der Waals surface area contributed by atoms with Gasteiger partial charge >= 0.3 is 0 Å². The number of aromatic amines is 1. The van der Waals surface area contributed by atoms with Crippen LogP contribution in [0.3, 0.4) is 0 Å². The van der Waals surface area contributed by atoms with E-state index in [1.807, 2.05) is 13.0 Å². The van der Waals surface area contributed by atoms with E-state index in [2.05, 4.69) is 53.2 Å². The Morgan fingerprint density at radius 1 is 1.35 bits per heavy atom. The van der Waals surface area contributed by atoms with E-state index in [4.69, 9.17) is 4.52 Å². The minimum absolute atomic E-state index is 0.386. The molecule has 0 bridgehead atoms. The van der Waals surface area contributed by atoms with Gasteiger partial charge in [0.15, 0.2) is 5.76 Å². The molecule has 1 aromatic carbocycles. The zero-order valence-corrected chi connectivity index (χ0v) is 14.0. The van der Waals surface area contributed by atoms with Gasteiger partial charge in [0.2, 0.25) is 0 Å². The van der Waals surface area contributed by atoms with Crippen molar-refractivity contribution in [2.75, 3.05) is 6.54 Å². The van der Waals surface area contributed by atoms with Gasteiger partial charge < -0.3 is 9.51 Å². The van der Waals surface area contributed by atoms with Gasteiger partial charge in [-0.25, -0.2) is 0 Å². The first-order chi connectivity index (χ1) is 11.1. The van der Waals surface area contributed by atoms with E-state index < -0.39 is 0 Å². The highest BCUT2D eigenvalue weighted by Crippen LogP contribution is 2.39. The third-order valence-corrected chi connectivity index (χ3v) is 4.85. The highest BCUT2D eigenvalue weighted by Gasteiger charge is 2.32. The standard InChI is InChI=1S/C19H23N3O/c1-12(2)19-18-16(15-6-4-5-7-17(15)20-18)8-9-22(19)11-14-10-13(3)21-23-14/h4-7,10,12,19-20H,8-9,11H2,1-3H3/t19-/m0/s1. The third-order valence-electron chi connectivity index (χ3n) is 4.85. The molecule has 2 aromatic heterocycles. The molecule has 23 heavy (non-hydrogen) atoms. The summed E-state index contributed by atoms with van der Waals surface area (Å²) in [6.45, 7) is 8.43. The summed E-state index contributed by atoms with van der Waals surface area (Å²) in [5, 5.41) is 5.40. The van der Waals surface area contributed by atoms with E-state index in [0.29, 0.717) is 12.0 Å². The number of nitrogens with one attached hydrogen (secondary N) is 1. The Morgan fingerprint density at radius 2 is 2.17 bits per heavy atom. The second-order valence-corrected chi connectivity index (χ2v) is 6.91. The summed E-state index contributed by atoms with van der Waals surface area (Å²) in [6.07, 6.45) is 1.08. The summed E-state index contributed by atoms with van der Waals surface area (Å²) in [7, 11) is 0. The zero-order valence-electron chi connectivity index (χ0n) is 14.0. The monoisotopic (exact) mass is 309 g/mol. The van der Waals surface area contributed by atoms with Crippen molar-refractivity contribution in [1.29, 1.82) is 0 Å². The van der Waals surface area contributed by atoms with Gasteiger partial charge in [-0.2, -0.15) is 0 Å². The van der Waals surface area contributed by atoms with E-state index >= 15 is 0 Å². The maximum atomic E-state index is 5.44. The molecule has 0 aliphatic carbocycles. The Bertz CT molecular complexity index is 830. The van der Waals surface area contributed by atoms with Crippen molar-refractivity contribution < 1.29 is 4.52 Å². The lowest BCUT2D eigenvalue weighted by molar-refractivity contribution is 0.120. The molecule has 1 N–H and O–H groups in total. The van der Waals surface area contributed by atoms with Crippen LogP contribution in [-0.4, -0.2) is 21.6 Å². The van der Waals surface area contributed by atoms with Crippen LogP contribution in [0.4, 0.5) is 0 Å². The maximum absolute atomic E-state index is 5.44. The van der Waals surface area contributed by atoms with Crippen molar-refractivity contribution in [2.45, 2.75) is 39.8 Å². The Hall–Kier alpha value is -2.07. The minimum Gasteiger partial charge on any atom is -0.360 e. The Morgan fingerprint density at radius 3 is 2.91 bits per heavy atom. The molecule has 1 aliphatic rings. The SMILES string of the molecule is Cc1cc(CN2CCc3c([nH]c4ccccc34)[C@@H]2C(C)C)on1. The van der Waals surface area contributed by atoms with Crippen molar-refractivity contribution in [1.82, 2.24) is 15.0 Å². The molecule has 1 atom stereocenters.